The number of rotatable bonds is 26. The number of primary amides is 2. The highest BCUT2D eigenvalue weighted by Gasteiger charge is 2.34. The first-order valence-electron chi connectivity index (χ1n) is 17.1. The summed E-state index contributed by atoms with van der Waals surface area (Å²) >= 11 is 4.07. The van der Waals surface area contributed by atoms with Crippen LogP contribution >= 0.6 is 12.6 Å². The summed E-state index contributed by atoms with van der Waals surface area (Å²) in [6.45, 7) is 6.34. The van der Waals surface area contributed by atoms with Gasteiger partial charge in [-0.3, -0.25) is 43.3 Å². The molecule has 0 aromatic rings. The summed E-state index contributed by atoms with van der Waals surface area (Å²) in [7, 11) is 0. The highest BCUT2D eigenvalue weighted by Crippen LogP contribution is 2.09. The summed E-state index contributed by atoms with van der Waals surface area (Å²) in [6, 6.07) is -8.42. The van der Waals surface area contributed by atoms with E-state index in [2.05, 4.69) is 49.5 Å². The molecule has 0 aromatic heterocycles. The molecule has 0 saturated carbocycles. The fraction of sp³-hybridized carbons (Fsp3) is 0.677. The first kappa shape index (κ1) is 48.8. The van der Waals surface area contributed by atoms with E-state index in [0.29, 0.717) is 0 Å². The van der Waals surface area contributed by atoms with E-state index in [0.717, 1.165) is 0 Å². The molecule has 0 aliphatic heterocycles. The van der Waals surface area contributed by atoms with Gasteiger partial charge < -0.3 is 65.7 Å². The standard InChI is InChI=1S/C31H56N12O10S/c1-14(2)10-19(30(52)53)41-28(50)20(13-54)42-25(47)17(7-8-21(33)44)39-27(49)18(11-22(34)45)40-29(51)24(15(3)4)43-26(48)16(38-23(46)12-32)6-5-9-37-31(35)36/h14-20,24,54H,5-13,32H2,1-4H3,(H2,33,44)(H2,34,45)(H,38,46)(H,39,49)(H,40,51)(H,41,50)(H,42,47)(H,43,48)(H,52,53)(H4,35,36,37)/t16-,17-,18-,19-,20-,24-/m0/s1. The molecule has 22 nitrogen and oxygen atoms in total. The number of thiol groups is 1. The summed E-state index contributed by atoms with van der Waals surface area (Å²) in [5.74, 6) is -9.74. The van der Waals surface area contributed by atoms with Crippen molar-refractivity contribution in [3.8, 4) is 0 Å². The molecular formula is C31H56N12O10S. The highest BCUT2D eigenvalue weighted by molar-refractivity contribution is 7.80. The number of carbonyl (C=O) groups excluding carboxylic acids is 8. The van der Waals surface area contributed by atoms with E-state index in [1.54, 1.807) is 27.7 Å². The lowest BCUT2D eigenvalue weighted by atomic mass is 10.0. The van der Waals surface area contributed by atoms with Crippen LogP contribution in [-0.2, 0) is 43.2 Å². The van der Waals surface area contributed by atoms with Gasteiger partial charge in [-0.15, -0.1) is 0 Å². The molecule has 0 unspecified atom stereocenters. The van der Waals surface area contributed by atoms with Crippen LogP contribution < -0.4 is 60.6 Å². The smallest absolute Gasteiger partial charge is 0.326 e. The van der Waals surface area contributed by atoms with Gasteiger partial charge in [-0.2, -0.15) is 12.6 Å². The molecule has 23 heteroatoms. The van der Waals surface area contributed by atoms with Gasteiger partial charge in [-0.1, -0.05) is 27.7 Å². The van der Waals surface area contributed by atoms with Gasteiger partial charge in [0, 0.05) is 18.7 Å². The number of aliphatic imine (C=N–C) groups is 1. The molecule has 0 spiro atoms. The Labute approximate surface area is 318 Å². The monoisotopic (exact) mass is 788 g/mol. The van der Waals surface area contributed by atoms with E-state index in [1.165, 1.54) is 0 Å². The maximum absolute atomic E-state index is 13.5. The number of carboxylic acids is 1. The van der Waals surface area contributed by atoms with Crippen molar-refractivity contribution in [1.82, 2.24) is 31.9 Å². The van der Waals surface area contributed by atoms with E-state index in [4.69, 9.17) is 28.7 Å². The van der Waals surface area contributed by atoms with Gasteiger partial charge in [-0.05, 0) is 37.5 Å². The predicted molar refractivity (Wildman–Crippen MR) is 199 cm³/mol. The zero-order valence-corrected chi connectivity index (χ0v) is 31.8. The van der Waals surface area contributed by atoms with Gasteiger partial charge in [-0.25, -0.2) is 4.79 Å². The van der Waals surface area contributed by atoms with E-state index in [-0.39, 0.29) is 49.9 Å². The second-order valence-electron chi connectivity index (χ2n) is 13.1. The molecule has 8 amide bonds. The van der Waals surface area contributed by atoms with Gasteiger partial charge in [0.1, 0.15) is 36.3 Å². The third-order valence-corrected chi connectivity index (χ3v) is 7.88. The van der Waals surface area contributed by atoms with Gasteiger partial charge in [0.2, 0.25) is 47.3 Å². The van der Waals surface area contributed by atoms with E-state index in [1.807, 2.05) is 0 Å². The lowest BCUT2D eigenvalue weighted by Crippen LogP contribution is -2.61. The van der Waals surface area contributed by atoms with Gasteiger partial charge in [0.05, 0.1) is 13.0 Å². The van der Waals surface area contributed by atoms with Crippen molar-refractivity contribution in [3.05, 3.63) is 0 Å². The number of guanidine groups is 1. The number of aliphatic carboxylic acids is 1. The summed E-state index contributed by atoms with van der Waals surface area (Å²) in [6.07, 6.45) is -1.19. The number of hydrogen-bond donors (Lipinski definition) is 13. The minimum atomic E-state index is -1.71. The lowest BCUT2D eigenvalue weighted by molar-refractivity contribution is -0.142. The Morgan fingerprint density at radius 3 is 1.63 bits per heavy atom. The average Bonchev–Trinajstić information content (AvgIpc) is 3.06. The molecule has 0 aromatic carbocycles. The molecule has 306 valence electrons. The van der Waals surface area contributed by atoms with Crippen molar-refractivity contribution >= 4 is 71.8 Å². The Morgan fingerprint density at radius 2 is 1.15 bits per heavy atom. The molecule has 0 rings (SSSR count). The summed E-state index contributed by atoms with van der Waals surface area (Å²) in [5, 5.41) is 23.8. The molecule has 0 radical (unpaired) electrons. The highest BCUT2D eigenvalue weighted by atomic mass is 32.1. The molecule has 0 heterocycles. The Bertz CT molecular complexity index is 1380. The topological polar surface area (TPSA) is 388 Å². The fourth-order valence-corrected chi connectivity index (χ4v) is 5.00. The van der Waals surface area contributed by atoms with E-state index < -0.39 is 115 Å². The number of nitrogens with zero attached hydrogens (tertiary/aromatic N) is 1. The van der Waals surface area contributed by atoms with Crippen LogP contribution in [0.25, 0.3) is 0 Å². The number of hydrogen-bond acceptors (Lipinski definition) is 12. The zero-order chi connectivity index (χ0) is 41.7. The quantitative estimate of drug-likeness (QED) is 0.0169. The van der Waals surface area contributed by atoms with Crippen molar-refractivity contribution in [1.29, 1.82) is 0 Å². The van der Waals surface area contributed by atoms with E-state index in [9.17, 15) is 48.3 Å². The van der Waals surface area contributed by atoms with Crippen molar-refractivity contribution in [2.45, 2.75) is 102 Å². The van der Waals surface area contributed by atoms with Crippen LogP contribution in [0.5, 0.6) is 0 Å². The Hall–Kier alpha value is -5.19. The van der Waals surface area contributed by atoms with Crippen molar-refractivity contribution in [2.75, 3.05) is 18.8 Å². The number of carbonyl (C=O) groups is 9. The van der Waals surface area contributed by atoms with Crippen LogP contribution in [0.2, 0.25) is 0 Å². The van der Waals surface area contributed by atoms with Crippen LogP contribution in [0, 0.1) is 11.8 Å². The fourth-order valence-electron chi connectivity index (χ4n) is 4.75. The number of nitrogens with two attached hydrogens (primary N) is 5. The molecule has 0 fully saturated rings. The maximum atomic E-state index is 13.5. The largest absolute Gasteiger partial charge is 0.480 e. The number of nitrogens with one attached hydrogen (secondary N) is 6. The SMILES string of the molecule is CC(C)C[C@H](NC(=O)[C@H](CS)NC(=O)[C@H](CCC(N)=O)NC(=O)[C@H](CC(N)=O)NC(=O)[C@@H](NC(=O)[C@H](CCCN=C(N)N)NC(=O)CN)C(C)C)C(=O)O. The molecule has 6 atom stereocenters. The normalized spacial score (nSPS) is 14.2. The Balaban J connectivity index is 6.16. The van der Waals surface area contributed by atoms with Gasteiger partial charge in [0.25, 0.3) is 0 Å². The summed E-state index contributed by atoms with van der Waals surface area (Å²) in [5.41, 5.74) is 26.6. The average molecular weight is 789 g/mol. The molecule has 0 aliphatic carbocycles. The number of amides is 8. The van der Waals surface area contributed by atoms with Crippen LogP contribution in [0.4, 0.5) is 0 Å². The summed E-state index contributed by atoms with van der Waals surface area (Å²) < 4.78 is 0. The second-order valence-corrected chi connectivity index (χ2v) is 13.4. The summed E-state index contributed by atoms with van der Waals surface area (Å²) in [4.78, 5) is 118. The minimum Gasteiger partial charge on any atom is -0.480 e. The zero-order valence-electron chi connectivity index (χ0n) is 30.9. The van der Waals surface area contributed by atoms with Crippen molar-refractivity contribution < 1.29 is 48.3 Å². The Kier molecular flexibility index (Phi) is 22.5. The van der Waals surface area contributed by atoms with Crippen LogP contribution in [0.1, 0.15) is 66.2 Å². The first-order valence-corrected chi connectivity index (χ1v) is 17.7. The van der Waals surface area contributed by atoms with Gasteiger partial charge >= 0.3 is 5.97 Å². The van der Waals surface area contributed by atoms with Crippen LogP contribution in [0.15, 0.2) is 4.99 Å². The predicted octanol–water partition coefficient (Wildman–Crippen LogP) is -5.24. The Morgan fingerprint density at radius 1 is 0.648 bits per heavy atom. The van der Waals surface area contributed by atoms with Crippen LogP contribution in [0.3, 0.4) is 0 Å². The molecule has 0 bridgehead atoms. The number of carboxylic acid groups (broad SMARTS) is 1. The second kappa shape index (κ2) is 24.9. The molecule has 17 N–H and O–H groups in total. The molecule has 0 aliphatic rings. The third-order valence-electron chi connectivity index (χ3n) is 7.52. The lowest BCUT2D eigenvalue weighted by Gasteiger charge is -2.28. The third kappa shape index (κ3) is 19.6. The first-order chi connectivity index (χ1) is 25.1. The molecule has 0 saturated heterocycles. The minimum absolute atomic E-state index is 0.0517. The molecule has 54 heavy (non-hydrogen) atoms. The van der Waals surface area contributed by atoms with Crippen LogP contribution in [-0.4, -0.2) is 119 Å². The van der Waals surface area contributed by atoms with Crippen molar-refractivity contribution in [2.24, 2.45) is 45.5 Å². The molecular weight excluding hydrogens is 732 g/mol. The maximum Gasteiger partial charge on any atom is 0.326 e. The van der Waals surface area contributed by atoms with Crippen molar-refractivity contribution in [3.63, 3.8) is 0 Å². The van der Waals surface area contributed by atoms with E-state index >= 15 is 0 Å². The van der Waals surface area contributed by atoms with Gasteiger partial charge in [0.15, 0.2) is 5.96 Å².